The predicted molar refractivity (Wildman–Crippen MR) is 88.7 cm³/mol. The highest BCUT2D eigenvalue weighted by Crippen LogP contribution is 2.19. The Hall–Kier alpha value is -2.01. The molecule has 1 aromatic rings. The van der Waals surface area contributed by atoms with Gasteiger partial charge in [-0.15, -0.1) is 0 Å². The fraction of sp³-hybridized carbons (Fsp3) is 0.235. The molecule has 0 heterocycles. The van der Waals surface area contributed by atoms with Crippen molar-refractivity contribution in [3.05, 3.63) is 57.6 Å². The summed E-state index contributed by atoms with van der Waals surface area (Å²) in [5.74, 6) is -0.473. The van der Waals surface area contributed by atoms with E-state index in [4.69, 9.17) is 4.84 Å². The van der Waals surface area contributed by atoms with Crippen molar-refractivity contribution in [1.29, 1.82) is 0 Å². The topological polar surface area (TPSA) is 55.7 Å². The van der Waals surface area contributed by atoms with Crippen molar-refractivity contribution in [3.8, 4) is 0 Å². The molecule has 0 fully saturated rings. The first kappa shape index (κ1) is 16.4. The van der Waals surface area contributed by atoms with Gasteiger partial charge in [-0.3, -0.25) is 4.79 Å². The predicted octanol–water partition coefficient (Wildman–Crippen LogP) is 4.07. The summed E-state index contributed by atoms with van der Waals surface area (Å²) < 4.78 is 0.879. The lowest BCUT2D eigenvalue weighted by Crippen LogP contribution is -2.16. The van der Waals surface area contributed by atoms with Crippen molar-refractivity contribution < 1.29 is 14.4 Å². The molecule has 0 spiro atoms. The Balaban J connectivity index is 2.18. The van der Waals surface area contributed by atoms with Crippen LogP contribution in [0.4, 0.5) is 0 Å². The van der Waals surface area contributed by atoms with Gasteiger partial charge < -0.3 is 4.84 Å². The molecule has 0 amide bonds. The van der Waals surface area contributed by atoms with Crippen molar-refractivity contribution >= 4 is 33.4 Å². The van der Waals surface area contributed by atoms with Gasteiger partial charge in [-0.1, -0.05) is 34.9 Å². The third-order valence-electron chi connectivity index (χ3n) is 3.26. The number of carbonyl (C=O) groups is 2. The minimum Gasteiger partial charge on any atom is -0.312 e. The second-order valence-electron chi connectivity index (χ2n) is 5.31. The molecule has 0 atom stereocenters. The maximum atomic E-state index is 11.9. The lowest BCUT2D eigenvalue weighted by Gasteiger charge is -2.14. The summed E-state index contributed by atoms with van der Waals surface area (Å²) in [6, 6.07) is 6.81. The van der Waals surface area contributed by atoms with Crippen molar-refractivity contribution in [1.82, 2.24) is 0 Å². The van der Waals surface area contributed by atoms with Crippen molar-refractivity contribution in [2.45, 2.75) is 20.8 Å². The minimum absolute atomic E-state index is 0.0225. The largest absolute Gasteiger partial charge is 0.365 e. The number of ketones is 1. The van der Waals surface area contributed by atoms with Crippen LogP contribution in [0.3, 0.4) is 0 Å². The molecule has 0 aromatic heterocycles. The van der Waals surface area contributed by atoms with Crippen LogP contribution < -0.4 is 0 Å². The van der Waals surface area contributed by atoms with Gasteiger partial charge in [-0.25, -0.2) is 4.79 Å². The lowest BCUT2D eigenvalue weighted by molar-refractivity contribution is -0.111. The first-order chi connectivity index (χ1) is 10.4. The summed E-state index contributed by atoms with van der Waals surface area (Å²) in [7, 11) is 0. The van der Waals surface area contributed by atoms with Crippen LogP contribution in [-0.4, -0.2) is 17.5 Å². The van der Waals surface area contributed by atoms with E-state index in [1.54, 1.807) is 37.3 Å². The molecule has 0 aliphatic heterocycles. The molecule has 0 N–H and O–H groups in total. The monoisotopic (exact) mass is 361 g/mol. The maximum absolute atomic E-state index is 11.9. The average Bonchev–Trinajstić information content (AvgIpc) is 2.46. The molecule has 5 heteroatoms. The highest BCUT2D eigenvalue weighted by Gasteiger charge is 2.19. The first-order valence-corrected chi connectivity index (χ1v) is 7.67. The molecule has 1 aromatic carbocycles. The second kappa shape index (κ2) is 6.83. The zero-order valence-corrected chi connectivity index (χ0v) is 14.2. The number of halogens is 1. The molecule has 0 radical (unpaired) electrons. The van der Waals surface area contributed by atoms with E-state index in [2.05, 4.69) is 21.1 Å². The number of benzene rings is 1. The van der Waals surface area contributed by atoms with Gasteiger partial charge >= 0.3 is 5.97 Å². The lowest BCUT2D eigenvalue weighted by atomic mass is 9.90. The van der Waals surface area contributed by atoms with Crippen molar-refractivity contribution in [3.63, 3.8) is 0 Å². The van der Waals surface area contributed by atoms with Gasteiger partial charge in [0.25, 0.3) is 0 Å². The number of carbonyl (C=O) groups excluding carboxylic acids is 2. The highest BCUT2D eigenvalue weighted by molar-refractivity contribution is 9.10. The fourth-order valence-electron chi connectivity index (χ4n) is 1.97. The zero-order valence-electron chi connectivity index (χ0n) is 12.6. The first-order valence-electron chi connectivity index (χ1n) is 6.88. The molecule has 4 nitrogen and oxygen atoms in total. The molecule has 22 heavy (non-hydrogen) atoms. The summed E-state index contributed by atoms with van der Waals surface area (Å²) in [6.07, 6.45) is 3.19. The van der Waals surface area contributed by atoms with E-state index in [1.165, 1.54) is 6.08 Å². The molecule has 2 rings (SSSR count). The Morgan fingerprint density at radius 3 is 2.41 bits per heavy atom. The van der Waals surface area contributed by atoms with Crippen molar-refractivity contribution in [2.75, 3.05) is 0 Å². The maximum Gasteiger partial charge on any atom is 0.365 e. The van der Waals surface area contributed by atoms with Crippen LogP contribution in [0, 0.1) is 5.92 Å². The van der Waals surface area contributed by atoms with E-state index in [1.807, 2.05) is 13.8 Å². The van der Waals surface area contributed by atoms with Crippen LogP contribution in [0.25, 0.3) is 0 Å². The summed E-state index contributed by atoms with van der Waals surface area (Å²) in [4.78, 5) is 28.8. The minimum atomic E-state index is -0.538. The van der Waals surface area contributed by atoms with Crippen LogP contribution in [-0.2, 0) is 9.63 Å². The Morgan fingerprint density at radius 2 is 1.82 bits per heavy atom. The quantitative estimate of drug-likeness (QED) is 0.463. The third-order valence-corrected chi connectivity index (χ3v) is 3.79. The Bertz CT molecular complexity index is 697. The van der Waals surface area contributed by atoms with Gasteiger partial charge in [0.1, 0.15) is 5.71 Å². The summed E-state index contributed by atoms with van der Waals surface area (Å²) in [6.45, 7) is 5.63. The van der Waals surface area contributed by atoms with Gasteiger partial charge in [0.15, 0.2) is 5.78 Å². The SMILES string of the molecule is CC1=CC(=O)C(C(C)C)=C/C1=N/OC(=O)c1ccc(Br)cc1. The Kier molecular flexibility index (Phi) is 5.08. The number of allylic oxidation sites excluding steroid dienone is 4. The Morgan fingerprint density at radius 1 is 1.18 bits per heavy atom. The summed E-state index contributed by atoms with van der Waals surface area (Å²) >= 11 is 3.30. The van der Waals surface area contributed by atoms with E-state index >= 15 is 0 Å². The third kappa shape index (κ3) is 3.80. The molecule has 114 valence electrons. The van der Waals surface area contributed by atoms with Crippen molar-refractivity contribution in [2.24, 2.45) is 11.1 Å². The standard InChI is InChI=1S/C17H16BrNO3/c1-10(2)14-9-15(11(3)8-16(14)20)19-22-17(21)12-4-6-13(18)7-5-12/h4-10H,1-3H3/b19-15-. The molecular weight excluding hydrogens is 346 g/mol. The van der Waals surface area contributed by atoms with Crippen LogP contribution in [0.2, 0.25) is 0 Å². The zero-order chi connectivity index (χ0) is 16.3. The van der Waals surface area contributed by atoms with Gasteiger partial charge in [-0.05, 0) is 54.8 Å². The summed E-state index contributed by atoms with van der Waals surface area (Å²) in [5, 5.41) is 3.89. The molecule has 0 bridgehead atoms. The van der Waals surface area contributed by atoms with E-state index in [0.29, 0.717) is 22.4 Å². The number of hydrogen-bond acceptors (Lipinski definition) is 4. The summed E-state index contributed by atoms with van der Waals surface area (Å²) in [5.41, 5.74) is 2.24. The number of rotatable bonds is 3. The van der Waals surface area contributed by atoms with E-state index < -0.39 is 5.97 Å². The smallest absolute Gasteiger partial charge is 0.312 e. The van der Waals surface area contributed by atoms with Gasteiger partial charge in [0.05, 0.1) is 5.56 Å². The highest BCUT2D eigenvalue weighted by atomic mass is 79.9. The number of oxime groups is 1. The molecule has 1 aliphatic rings. The number of hydrogen-bond donors (Lipinski definition) is 0. The van der Waals surface area contributed by atoms with Crippen LogP contribution in [0.15, 0.2) is 57.2 Å². The average molecular weight is 362 g/mol. The van der Waals surface area contributed by atoms with Gasteiger partial charge in [0.2, 0.25) is 0 Å². The molecule has 0 saturated heterocycles. The van der Waals surface area contributed by atoms with E-state index in [-0.39, 0.29) is 11.7 Å². The van der Waals surface area contributed by atoms with Crippen LogP contribution >= 0.6 is 15.9 Å². The number of nitrogens with zero attached hydrogens (tertiary/aromatic N) is 1. The molecule has 1 aliphatic carbocycles. The van der Waals surface area contributed by atoms with E-state index in [9.17, 15) is 9.59 Å². The Labute approximate surface area is 137 Å². The van der Waals surface area contributed by atoms with Crippen LogP contribution in [0.5, 0.6) is 0 Å². The van der Waals surface area contributed by atoms with Crippen LogP contribution in [0.1, 0.15) is 31.1 Å². The molecular formula is C17H16BrNO3. The van der Waals surface area contributed by atoms with Gasteiger partial charge in [0, 0.05) is 10.0 Å². The van der Waals surface area contributed by atoms with Gasteiger partial charge in [-0.2, -0.15) is 0 Å². The molecule has 0 unspecified atom stereocenters. The second-order valence-corrected chi connectivity index (χ2v) is 6.22. The fourth-order valence-corrected chi connectivity index (χ4v) is 2.23. The normalized spacial score (nSPS) is 16.6. The van der Waals surface area contributed by atoms with E-state index in [0.717, 1.165) is 4.47 Å². The molecule has 0 saturated carbocycles.